The van der Waals surface area contributed by atoms with Crippen LogP contribution in [0.3, 0.4) is 0 Å². The molecule has 0 aliphatic rings. The number of imidazole rings is 1. The quantitative estimate of drug-likeness (QED) is 0.481. The smallest absolute Gasteiger partial charge is 0.241 e. The van der Waals surface area contributed by atoms with Gasteiger partial charge >= 0.3 is 0 Å². The van der Waals surface area contributed by atoms with Crippen molar-refractivity contribution < 1.29 is 9.67 Å². The molecule has 0 amide bonds. The van der Waals surface area contributed by atoms with E-state index in [1.54, 1.807) is 0 Å². The van der Waals surface area contributed by atoms with Crippen LogP contribution in [0, 0.1) is 0 Å². The third kappa shape index (κ3) is 3.53. The second-order valence-electron chi connectivity index (χ2n) is 2.99. The maximum Gasteiger partial charge on any atom is 0.241 e. The zero-order valence-electron chi connectivity index (χ0n) is 7.37. The van der Waals surface area contributed by atoms with Gasteiger partial charge in [0.15, 0.2) is 0 Å². The molecule has 1 heterocycles. The van der Waals surface area contributed by atoms with Crippen molar-refractivity contribution in [3.05, 3.63) is 18.7 Å². The number of H-pyrrole nitrogens is 1. The highest BCUT2D eigenvalue weighted by Gasteiger charge is 1.95. The topological polar surface area (TPSA) is 39.9 Å². The van der Waals surface area contributed by atoms with Crippen LogP contribution in [0.25, 0.3) is 0 Å². The van der Waals surface area contributed by atoms with Gasteiger partial charge in [-0.05, 0) is 19.3 Å². The molecule has 0 saturated carbocycles. The molecule has 0 aliphatic carbocycles. The van der Waals surface area contributed by atoms with Crippen LogP contribution in [0.1, 0.15) is 25.7 Å². The summed E-state index contributed by atoms with van der Waals surface area (Å²) in [5.74, 6) is 0. The first-order valence-electron chi connectivity index (χ1n) is 4.56. The number of rotatable bonds is 6. The number of aromatic amines is 1. The molecule has 68 valence electrons. The Morgan fingerprint density at radius 1 is 1.17 bits per heavy atom. The molecule has 0 atom stereocenters. The largest absolute Gasteiger partial charge is 0.396 e. The van der Waals surface area contributed by atoms with Crippen LogP contribution >= 0.6 is 0 Å². The Balaban J connectivity index is 1.96. The third-order valence-electron chi connectivity index (χ3n) is 1.93. The lowest BCUT2D eigenvalue weighted by Crippen LogP contribution is -2.30. The summed E-state index contributed by atoms with van der Waals surface area (Å²) < 4.78 is 2.14. The molecule has 2 N–H and O–H groups in total. The fourth-order valence-electron chi connectivity index (χ4n) is 1.22. The van der Waals surface area contributed by atoms with E-state index in [2.05, 4.69) is 9.55 Å². The van der Waals surface area contributed by atoms with Gasteiger partial charge in [0.2, 0.25) is 6.33 Å². The van der Waals surface area contributed by atoms with Gasteiger partial charge in [-0.1, -0.05) is 6.42 Å². The number of nitrogens with zero attached hydrogens (tertiary/aromatic N) is 1. The van der Waals surface area contributed by atoms with Crippen LogP contribution in [-0.2, 0) is 6.54 Å². The molecule has 12 heavy (non-hydrogen) atoms. The van der Waals surface area contributed by atoms with E-state index in [0.717, 1.165) is 19.4 Å². The van der Waals surface area contributed by atoms with Crippen molar-refractivity contribution >= 4 is 0 Å². The molecule has 0 aromatic carbocycles. The first kappa shape index (κ1) is 9.26. The van der Waals surface area contributed by atoms with Crippen molar-refractivity contribution in [1.82, 2.24) is 4.98 Å². The molecule has 1 aromatic rings. The van der Waals surface area contributed by atoms with E-state index < -0.39 is 0 Å². The Morgan fingerprint density at radius 3 is 2.67 bits per heavy atom. The maximum atomic E-state index is 8.54. The van der Waals surface area contributed by atoms with Gasteiger partial charge in [-0.25, -0.2) is 4.57 Å². The zero-order chi connectivity index (χ0) is 8.65. The van der Waals surface area contributed by atoms with Crippen LogP contribution in [0.4, 0.5) is 0 Å². The molecule has 0 saturated heterocycles. The Kier molecular flexibility index (Phi) is 4.46. The monoisotopic (exact) mass is 169 g/mol. The van der Waals surface area contributed by atoms with Gasteiger partial charge in [0.25, 0.3) is 0 Å². The lowest BCUT2D eigenvalue weighted by molar-refractivity contribution is -0.696. The highest BCUT2D eigenvalue weighted by Crippen LogP contribution is 1.98. The summed E-state index contributed by atoms with van der Waals surface area (Å²) in [6.45, 7) is 1.41. The van der Waals surface area contributed by atoms with E-state index in [0.29, 0.717) is 6.61 Å². The van der Waals surface area contributed by atoms with Gasteiger partial charge in [0.1, 0.15) is 12.4 Å². The van der Waals surface area contributed by atoms with Crippen LogP contribution in [0.15, 0.2) is 18.7 Å². The maximum absolute atomic E-state index is 8.54. The van der Waals surface area contributed by atoms with Gasteiger partial charge in [0, 0.05) is 6.61 Å². The number of aryl methyl sites for hydroxylation is 1. The molecule has 0 radical (unpaired) electrons. The minimum Gasteiger partial charge on any atom is -0.396 e. The highest BCUT2D eigenvalue weighted by molar-refractivity contribution is 4.55. The first-order valence-corrected chi connectivity index (χ1v) is 4.56. The number of hydrogen-bond acceptors (Lipinski definition) is 1. The van der Waals surface area contributed by atoms with E-state index in [1.165, 1.54) is 12.8 Å². The van der Waals surface area contributed by atoms with Crippen LogP contribution < -0.4 is 4.57 Å². The van der Waals surface area contributed by atoms with Crippen molar-refractivity contribution in [1.29, 1.82) is 0 Å². The molecule has 0 fully saturated rings. The summed E-state index contributed by atoms with van der Waals surface area (Å²) in [4.78, 5) is 3.00. The van der Waals surface area contributed by atoms with E-state index >= 15 is 0 Å². The second-order valence-corrected chi connectivity index (χ2v) is 2.99. The molecule has 0 aliphatic heterocycles. The fourth-order valence-corrected chi connectivity index (χ4v) is 1.22. The van der Waals surface area contributed by atoms with Crippen LogP contribution in [0.2, 0.25) is 0 Å². The molecule has 3 heteroatoms. The lowest BCUT2D eigenvalue weighted by Gasteiger charge is -1.96. The molecule has 1 rings (SSSR count). The van der Waals surface area contributed by atoms with Gasteiger partial charge < -0.3 is 5.11 Å². The van der Waals surface area contributed by atoms with Crippen molar-refractivity contribution in [3.8, 4) is 0 Å². The highest BCUT2D eigenvalue weighted by atomic mass is 16.2. The number of unbranched alkanes of at least 4 members (excludes halogenated alkanes) is 3. The summed E-state index contributed by atoms with van der Waals surface area (Å²) in [5.41, 5.74) is 0. The molecule has 3 nitrogen and oxygen atoms in total. The third-order valence-corrected chi connectivity index (χ3v) is 1.93. The van der Waals surface area contributed by atoms with Crippen molar-refractivity contribution in [2.45, 2.75) is 32.2 Å². The SMILES string of the molecule is OCCCCCC[n+]1cc[nH]c1. The standard InChI is InChI=1S/C9H16N2O/c12-8-4-2-1-3-6-11-7-5-10-9-11/h5,7,9,12H,1-4,6,8H2/p+1. The minimum absolute atomic E-state index is 0.331. The summed E-state index contributed by atoms with van der Waals surface area (Å²) in [7, 11) is 0. The molecule has 1 aromatic heterocycles. The van der Waals surface area contributed by atoms with Crippen LogP contribution in [-0.4, -0.2) is 16.7 Å². The molecule has 0 bridgehead atoms. The van der Waals surface area contributed by atoms with E-state index in [9.17, 15) is 0 Å². The number of aliphatic hydroxyl groups is 1. The Hall–Kier alpha value is -0.830. The predicted octanol–water partition coefficient (Wildman–Crippen LogP) is 0.855. The number of hydrogen-bond donors (Lipinski definition) is 2. The summed E-state index contributed by atoms with van der Waals surface area (Å²) in [5, 5.41) is 8.54. The second kappa shape index (κ2) is 5.77. The molecular formula is C9H17N2O+. The Labute approximate surface area is 73.1 Å². The van der Waals surface area contributed by atoms with Crippen molar-refractivity contribution in [2.75, 3.05) is 6.61 Å². The van der Waals surface area contributed by atoms with E-state index in [1.807, 2.05) is 18.7 Å². The predicted molar refractivity (Wildman–Crippen MR) is 46.5 cm³/mol. The number of aliphatic hydroxyl groups excluding tert-OH is 1. The van der Waals surface area contributed by atoms with Gasteiger partial charge in [-0.3, -0.25) is 4.98 Å². The summed E-state index contributed by atoms with van der Waals surface area (Å²) in [6.07, 6.45) is 10.4. The average Bonchev–Trinajstić information content (AvgIpc) is 2.57. The normalized spacial score (nSPS) is 10.4. The first-order chi connectivity index (χ1) is 5.93. The molecule has 0 spiro atoms. The minimum atomic E-state index is 0.331. The van der Waals surface area contributed by atoms with E-state index in [-0.39, 0.29) is 0 Å². The van der Waals surface area contributed by atoms with Crippen molar-refractivity contribution in [3.63, 3.8) is 0 Å². The number of aromatic nitrogens is 2. The van der Waals surface area contributed by atoms with Gasteiger partial charge in [-0.2, -0.15) is 0 Å². The lowest BCUT2D eigenvalue weighted by atomic mass is 10.2. The van der Waals surface area contributed by atoms with E-state index in [4.69, 9.17) is 5.11 Å². The Morgan fingerprint density at radius 2 is 2.00 bits per heavy atom. The van der Waals surface area contributed by atoms with Gasteiger partial charge in [0.05, 0.1) is 6.54 Å². The summed E-state index contributed by atoms with van der Waals surface area (Å²) >= 11 is 0. The fraction of sp³-hybridized carbons (Fsp3) is 0.667. The van der Waals surface area contributed by atoms with Crippen LogP contribution in [0.5, 0.6) is 0 Å². The Bertz CT molecular complexity index is 184. The molecule has 0 unspecified atom stereocenters. The number of nitrogens with one attached hydrogen (secondary N) is 1. The van der Waals surface area contributed by atoms with Gasteiger partial charge in [-0.15, -0.1) is 0 Å². The average molecular weight is 169 g/mol. The molecular weight excluding hydrogens is 152 g/mol. The zero-order valence-corrected chi connectivity index (χ0v) is 7.37. The van der Waals surface area contributed by atoms with Crippen molar-refractivity contribution in [2.24, 2.45) is 0 Å². The summed E-state index contributed by atoms with van der Waals surface area (Å²) in [6, 6.07) is 0.